The Labute approximate surface area is 163 Å². The van der Waals surface area contributed by atoms with Crippen molar-refractivity contribution in [3.05, 3.63) is 105 Å². The molecule has 1 heterocycles. The lowest BCUT2D eigenvalue weighted by molar-refractivity contribution is -0.141. The van der Waals surface area contributed by atoms with Gasteiger partial charge in [-0.05, 0) is 28.8 Å². The van der Waals surface area contributed by atoms with Crippen LogP contribution >= 0.6 is 0 Å². The van der Waals surface area contributed by atoms with Gasteiger partial charge in [-0.15, -0.1) is 0 Å². The molecule has 0 aliphatic rings. The third kappa shape index (κ3) is 4.72. The molecule has 0 fully saturated rings. The van der Waals surface area contributed by atoms with Crippen LogP contribution in [0, 0.1) is 0 Å². The molecule has 1 amide bonds. The number of hydrogen-bond donors (Lipinski definition) is 3. The summed E-state index contributed by atoms with van der Waals surface area (Å²) in [5, 5.41) is 11.9. The highest BCUT2D eigenvalue weighted by atomic mass is 19.4. The van der Waals surface area contributed by atoms with Gasteiger partial charge < -0.3 is 15.4 Å². The number of alkyl halides is 3. The SMILES string of the molecule is O=C(NC(c1ccccc1)c1ccc(CO)cc1)c1ccc(C(F)(F)F)[nH]c1=O. The lowest BCUT2D eigenvalue weighted by Gasteiger charge is -2.20. The van der Waals surface area contributed by atoms with Gasteiger partial charge in [-0.1, -0.05) is 54.6 Å². The maximum absolute atomic E-state index is 12.7. The molecule has 0 saturated carbocycles. The molecule has 29 heavy (non-hydrogen) atoms. The van der Waals surface area contributed by atoms with Crippen molar-refractivity contribution in [2.75, 3.05) is 0 Å². The van der Waals surface area contributed by atoms with Crippen molar-refractivity contribution in [2.24, 2.45) is 0 Å². The quantitative estimate of drug-likeness (QED) is 0.612. The van der Waals surface area contributed by atoms with E-state index in [-0.39, 0.29) is 6.61 Å². The fourth-order valence-corrected chi connectivity index (χ4v) is 2.85. The molecule has 1 atom stereocenters. The molecule has 8 heteroatoms. The first-order valence-corrected chi connectivity index (χ1v) is 8.65. The zero-order chi connectivity index (χ0) is 21.0. The average Bonchev–Trinajstić information content (AvgIpc) is 2.72. The third-order valence-corrected chi connectivity index (χ3v) is 4.36. The summed E-state index contributed by atoms with van der Waals surface area (Å²) in [5.74, 6) is -0.805. The van der Waals surface area contributed by atoms with Crippen molar-refractivity contribution in [3.63, 3.8) is 0 Å². The average molecular weight is 402 g/mol. The van der Waals surface area contributed by atoms with Crippen LogP contribution in [0.4, 0.5) is 13.2 Å². The fraction of sp³-hybridized carbons (Fsp3) is 0.143. The largest absolute Gasteiger partial charge is 0.431 e. The number of carbonyl (C=O) groups is 1. The second-order valence-electron chi connectivity index (χ2n) is 6.33. The summed E-state index contributed by atoms with van der Waals surface area (Å²) in [7, 11) is 0. The molecular formula is C21H17F3N2O3. The van der Waals surface area contributed by atoms with Gasteiger partial charge in [-0.25, -0.2) is 0 Å². The minimum Gasteiger partial charge on any atom is -0.392 e. The molecule has 150 valence electrons. The second-order valence-corrected chi connectivity index (χ2v) is 6.33. The van der Waals surface area contributed by atoms with Gasteiger partial charge in [-0.2, -0.15) is 13.2 Å². The van der Waals surface area contributed by atoms with Gasteiger partial charge in [0.15, 0.2) is 0 Å². The van der Waals surface area contributed by atoms with Gasteiger partial charge >= 0.3 is 6.18 Å². The zero-order valence-electron chi connectivity index (χ0n) is 15.0. The number of H-pyrrole nitrogens is 1. The number of benzene rings is 2. The van der Waals surface area contributed by atoms with E-state index < -0.39 is 34.9 Å². The summed E-state index contributed by atoms with van der Waals surface area (Å²) in [4.78, 5) is 26.4. The molecule has 2 aromatic carbocycles. The van der Waals surface area contributed by atoms with Crippen LogP contribution in [0.1, 0.15) is 38.8 Å². The molecule has 0 bridgehead atoms. The Morgan fingerprint density at radius 3 is 2.14 bits per heavy atom. The predicted molar refractivity (Wildman–Crippen MR) is 100 cm³/mol. The lowest BCUT2D eigenvalue weighted by Crippen LogP contribution is -2.34. The summed E-state index contributed by atoms with van der Waals surface area (Å²) >= 11 is 0. The Morgan fingerprint density at radius 1 is 0.966 bits per heavy atom. The van der Waals surface area contributed by atoms with Gasteiger partial charge in [0.25, 0.3) is 11.5 Å². The van der Waals surface area contributed by atoms with Crippen molar-refractivity contribution < 1.29 is 23.1 Å². The predicted octanol–water partition coefficient (Wildman–Crippen LogP) is 3.41. The van der Waals surface area contributed by atoms with Crippen LogP contribution in [0.3, 0.4) is 0 Å². The number of nitrogens with one attached hydrogen (secondary N) is 2. The molecule has 0 spiro atoms. The second kappa shape index (κ2) is 8.32. The van der Waals surface area contributed by atoms with Crippen LogP contribution in [0.25, 0.3) is 0 Å². The lowest BCUT2D eigenvalue weighted by atomic mass is 9.97. The van der Waals surface area contributed by atoms with E-state index in [1.807, 2.05) is 0 Å². The normalized spacial score (nSPS) is 12.4. The first-order chi connectivity index (χ1) is 13.8. The first kappa shape index (κ1) is 20.3. The monoisotopic (exact) mass is 402 g/mol. The molecule has 3 rings (SSSR count). The molecule has 0 saturated heterocycles. The van der Waals surface area contributed by atoms with Gasteiger partial charge in [0.1, 0.15) is 11.3 Å². The summed E-state index contributed by atoms with van der Waals surface area (Å²) in [6.45, 7) is -0.135. The minimum absolute atomic E-state index is 0.135. The van der Waals surface area contributed by atoms with E-state index >= 15 is 0 Å². The van der Waals surface area contributed by atoms with Crippen LogP contribution in [-0.2, 0) is 12.8 Å². The van der Waals surface area contributed by atoms with Crippen LogP contribution < -0.4 is 10.9 Å². The number of hydrogen-bond acceptors (Lipinski definition) is 3. The van der Waals surface area contributed by atoms with Crippen molar-refractivity contribution in [1.82, 2.24) is 10.3 Å². The third-order valence-electron chi connectivity index (χ3n) is 4.36. The van der Waals surface area contributed by atoms with E-state index in [0.29, 0.717) is 17.2 Å². The Kier molecular flexibility index (Phi) is 5.84. The molecular weight excluding hydrogens is 385 g/mol. The van der Waals surface area contributed by atoms with E-state index in [0.717, 1.165) is 11.6 Å². The molecule has 1 aromatic heterocycles. The Morgan fingerprint density at radius 2 is 1.59 bits per heavy atom. The first-order valence-electron chi connectivity index (χ1n) is 8.65. The number of amides is 1. The van der Waals surface area contributed by atoms with E-state index in [4.69, 9.17) is 0 Å². The summed E-state index contributed by atoms with van der Waals surface area (Å²) in [6, 6.07) is 16.6. The standard InChI is InChI=1S/C21H17F3N2O3/c22-21(23,24)17-11-10-16(19(28)25-17)20(29)26-18(14-4-2-1-3-5-14)15-8-6-13(12-27)7-9-15/h1-11,18,27H,12H2,(H,25,28)(H,26,29). The van der Waals surface area contributed by atoms with Gasteiger partial charge in [-0.3, -0.25) is 9.59 Å². The summed E-state index contributed by atoms with van der Waals surface area (Å²) < 4.78 is 38.2. The van der Waals surface area contributed by atoms with E-state index in [2.05, 4.69) is 5.32 Å². The number of aromatic amines is 1. The summed E-state index contributed by atoms with van der Waals surface area (Å²) in [6.07, 6.45) is -4.71. The van der Waals surface area contributed by atoms with Gasteiger partial charge in [0.2, 0.25) is 0 Å². The maximum atomic E-state index is 12.7. The van der Waals surface area contributed by atoms with E-state index in [1.54, 1.807) is 59.6 Å². The Balaban J connectivity index is 1.93. The van der Waals surface area contributed by atoms with Crippen molar-refractivity contribution in [1.29, 1.82) is 0 Å². The van der Waals surface area contributed by atoms with Gasteiger partial charge in [0, 0.05) is 0 Å². The highest BCUT2D eigenvalue weighted by Crippen LogP contribution is 2.27. The van der Waals surface area contributed by atoms with Crippen molar-refractivity contribution in [2.45, 2.75) is 18.8 Å². The molecule has 0 aliphatic carbocycles. The number of rotatable bonds is 5. The smallest absolute Gasteiger partial charge is 0.392 e. The number of aliphatic hydroxyl groups is 1. The van der Waals surface area contributed by atoms with Crippen LogP contribution in [0.15, 0.2) is 71.5 Å². The maximum Gasteiger partial charge on any atom is 0.431 e. The number of aliphatic hydroxyl groups excluding tert-OH is 1. The molecule has 3 aromatic rings. The number of halogens is 3. The van der Waals surface area contributed by atoms with Gasteiger partial charge in [0.05, 0.1) is 12.6 Å². The van der Waals surface area contributed by atoms with Crippen LogP contribution in [0.2, 0.25) is 0 Å². The summed E-state index contributed by atoms with van der Waals surface area (Å²) in [5.41, 5.74) is -0.680. The Bertz CT molecular complexity index is 1050. The van der Waals surface area contributed by atoms with Crippen molar-refractivity contribution in [3.8, 4) is 0 Å². The number of pyridine rings is 1. The zero-order valence-corrected chi connectivity index (χ0v) is 15.0. The molecule has 1 unspecified atom stereocenters. The number of carbonyl (C=O) groups excluding carboxylic acids is 1. The molecule has 3 N–H and O–H groups in total. The van der Waals surface area contributed by atoms with E-state index in [9.17, 15) is 27.9 Å². The highest BCUT2D eigenvalue weighted by molar-refractivity contribution is 5.94. The molecule has 0 aliphatic heterocycles. The van der Waals surface area contributed by atoms with Crippen LogP contribution in [0.5, 0.6) is 0 Å². The topological polar surface area (TPSA) is 82.2 Å². The fourth-order valence-electron chi connectivity index (χ4n) is 2.85. The molecule has 5 nitrogen and oxygen atoms in total. The highest BCUT2D eigenvalue weighted by Gasteiger charge is 2.32. The Hall–Kier alpha value is -3.39. The molecule has 0 radical (unpaired) electrons. The van der Waals surface area contributed by atoms with Crippen LogP contribution in [-0.4, -0.2) is 16.0 Å². The van der Waals surface area contributed by atoms with Crippen molar-refractivity contribution >= 4 is 5.91 Å². The minimum atomic E-state index is -4.71. The van der Waals surface area contributed by atoms with E-state index in [1.165, 1.54) is 0 Å². The number of aromatic nitrogens is 1.